The Bertz CT molecular complexity index is 168. The quantitative estimate of drug-likeness (QED) is 0.693. The van der Waals surface area contributed by atoms with Crippen molar-refractivity contribution in [2.24, 2.45) is 10.8 Å². The monoisotopic (exact) mass is 183 g/mol. The maximum atomic E-state index is 3.57. The van der Waals surface area contributed by atoms with Gasteiger partial charge in [-0.15, -0.1) is 0 Å². The Labute approximate surface area is 83.3 Å². The second-order valence-corrected chi connectivity index (χ2v) is 5.81. The molecule has 78 valence electrons. The van der Waals surface area contributed by atoms with Gasteiger partial charge in [-0.3, -0.25) is 0 Å². The molecule has 0 amide bonds. The third-order valence-electron chi connectivity index (χ3n) is 4.04. The lowest BCUT2D eigenvalue weighted by atomic mass is 9.67. The van der Waals surface area contributed by atoms with Gasteiger partial charge in [-0.1, -0.05) is 34.6 Å². The highest BCUT2D eigenvalue weighted by Crippen LogP contribution is 2.50. The lowest BCUT2D eigenvalue weighted by Crippen LogP contribution is -2.33. The van der Waals surface area contributed by atoms with Gasteiger partial charge >= 0.3 is 0 Å². The van der Waals surface area contributed by atoms with Gasteiger partial charge in [-0.05, 0) is 36.6 Å². The van der Waals surface area contributed by atoms with Crippen LogP contribution in [0.15, 0.2) is 0 Å². The van der Waals surface area contributed by atoms with E-state index in [0.717, 1.165) is 12.6 Å². The topological polar surface area (TPSA) is 12.0 Å². The Morgan fingerprint density at radius 2 is 2.00 bits per heavy atom. The molecular formula is C12H25N. The largest absolute Gasteiger partial charge is 0.314 e. The molecule has 1 aliphatic carbocycles. The molecule has 1 aliphatic rings. The maximum absolute atomic E-state index is 3.57. The summed E-state index contributed by atoms with van der Waals surface area (Å²) in [7, 11) is 0. The zero-order valence-electron chi connectivity index (χ0n) is 9.91. The van der Waals surface area contributed by atoms with Crippen LogP contribution in [0.25, 0.3) is 0 Å². The van der Waals surface area contributed by atoms with Crippen LogP contribution < -0.4 is 5.32 Å². The van der Waals surface area contributed by atoms with Crippen LogP contribution in [0.4, 0.5) is 0 Å². The van der Waals surface area contributed by atoms with Crippen molar-refractivity contribution >= 4 is 0 Å². The fraction of sp³-hybridized carbons (Fsp3) is 1.00. The van der Waals surface area contributed by atoms with Crippen molar-refractivity contribution in [2.45, 2.75) is 59.9 Å². The second kappa shape index (κ2) is 3.61. The first-order valence-electron chi connectivity index (χ1n) is 5.62. The fourth-order valence-corrected chi connectivity index (χ4v) is 2.38. The van der Waals surface area contributed by atoms with Crippen LogP contribution in [-0.4, -0.2) is 12.6 Å². The third-order valence-corrected chi connectivity index (χ3v) is 4.04. The molecule has 0 radical (unpaired) electrons. The molecular weight excluding hydrogens is 158 g/mol. The molecule has 0 aromatic rings. The minimum Gasteiger partial charge on any atom is -0.314 e. The molecule has 0 aromatic heterocycles. The first-order valence-corrected chi connectivity index (χ1v) is 5.62. The average molecular weight is 183 g/mol. The summed E-state index contributed by atoms with van der Waals surface area (Å²) in [5.74, 6) is 0. The molecule has 2 unspecified atom stereocenters. The van der Waals surface area contributed by atoms with Crippen LogP contribution >= 0.6 is 0 Å². The van der Waals surface area contributed by atoms with E-state index in [1.54, 1.807) is 0 Å². The van der Waals surface area contributed by atoms with Crippen LogP contribution in [0.3, 0.4) is 0 Å². The van der Waals surface area contributed by atoms with Crippen molar-refractivity contribution in [2.75, 3.05) is 6.54 Å². The van der Waals surface area contributed by atoms with Crippen molar-refractivity contribution in [3.05, 3.63) is 0 Å². The highest BCUT2D eigenvalue weighted by Gasteiger charge is 2.43. The van der Waals surface area contributed by atoms with Crippen LogP contribution in [0.1, 0.15) is 53.9 Å². The third kappa shape index (κ3) is 2.25. The summed E-state index contributed by atoms with van der Waals surface area (Å²) in [6.45, 7) is 12.9. The summed E-state index contributed by atoms with van der Waals surface area (Å²) in [6.07, 6.45) is 4.10. The molecule has 13 heavy (non-hydrogen) atoms. The molecule has 0 saturated heterocycles. The molecule has 1 fully saturated rings. The van der Waals surface area contributed by atoms with E-state index < -0.39 is 0 Å². The van der Waals surface area contributed by atoms with E-state index in [9.17, 15) is 0 Å². The predicted octanol–water partition coefficient (Wildman–Crippen LogP) is 3.20. The molecule has 0 heterocycles. The van der Waals surface area contributed by atoms with Gasteiger partial charge in [0.25, 0.3) is 0 Å². The van der Waals surface area contributed by atoms with E-state index in [4.69, 9.17) is 0 Å². The van der Waals surface area contributed by atoms with E-state index in [1.165, 1.54) is 19.3 Å². The van der Waals surface area contributed by atoms with Gasteiger partial charge in [0.15, 0.2) is 0 Å². The lowest BCUT2D eigenvalue weighted by Gasteiger charge is -2.39. The zero-order valence-corrected chi connectivity index (χ0v) is 9.91. The Balaban J connectivity index is 2.56. The number of nitrogens with one attached hydrogen (secondary N) is 1. The molecule has 1 rings (SSSR count). The molecule has 1 saturated carbocycles. The van der Waals surface area contributed by atoms with Crippen molar-refractivity contribution in [1.29, 1.82) is 0 Å². The normalized spacial score (nSPS) is 35.3. The van der Waals surface area contributed by atoms with E-state index in [1.807, 2.05) is 0 Å². The van der Waals surface area contributed by atoms with Crippen LogP contribution in [0, 0.1) is 10.8 Å². The molecule has 1 nitrogen and oxygen atoms in total. The zero-order chi connectivity index (χ0) is 10.1. The van der Waals surface area contributed by atoms with Crippen LogP contribution in [-0.2, 0) is 0 Å². The fourth-order valence-electron chi connectivity index (χ4n) is 2.38. The lowest BCUT2D eigenvalue weighted by molar-refractivity contribution is 0.113. The van der Waals surface area contributed by atoms with Gasteiger partial charge in [0.2, 0.25) is 0 Å². The first kappa shape index (κ1) is 11.0. The Kier molecular flexibility index (Phi) is 3.06. The molecule has 0 bridgehead atoms. The Morgan fingerprint density at radius 3 is 2.38 bits per heavy atom. The standard InChI is InChI=1S/C12H25N/c1-6-13-10-7-8-12(5,9-10)11(2,3)4/h10,13H,6-9H2,1-5H3. The predicted molar refractivity (Wildman–Crippen MR) is 58.9 cm³/mol. The van der Waals surface area contributed by atoms with Crippen molar-refractivity contribution in [3.63, 3.8) is 0 Å². The van der Waals surface area contributed by atoms with E-state index >= 15 is 0 Å². The SMILES string of the molecule is CCNC1CCC(C)(C(C)(C)C)C1. The van der Waals surface area contributed by atoms with Gasteiger partial charge in [-0.25, -0.2) is 0 Å². The van der Waals surface area contributed by atoms with Gasteiger partial charge in [0.05, 0.1) is 0 Å². The molecule has 0 aliphatic heterocycles. The minimum atomic E-state index is 0.456. The first-order chi connectivity index (χ1) is 5.89. The van der Waals surface area contributed by atoms with E-state index in [0.29, 0.717) is 10.8 Å². The van der Waals surface area contributed by atoms with Crippen molar-refractivity contribution in [3.8, 4) is 0 Å². The molecule has 1 heteroatoms. The number of hydrogen-bond donors (Lipinski definition) is 1. The summed E-state index contributed by atoms with van der Waals surface area (Å²) in [5.41, 5.74) is 0.997. The van der Waals surface area contributed by atoms with Crippen LogP contribution in [0.2, 0.25) is 0 Å². The summed E-state index contributed by atoms with van der Waals surface area (Å²) < 4.78 is 0. The highest BCUT2D eigenvalue weighted by molar-refractivity contribution is 4.95. The molecule has 0 aromatic carbocycles. The second-order valence-electron chi connectivity index (χ2n) is 5.81. The minimum absolute atomic E-state index is 0.456. The van der Waals surface area contributed by atoms with Gasteiger partial charge in [0, 0.05) is 6.04 Å². The smallest absolute Gasteiger partial charge is 0.00725 e. The molecule has 2 atom stereocenters. The Morgan fingerprint density at radius 1 is 1.38 bits per heavy atom. The summed E-state index contributed by atoms with van der Waals surface area (Å²) in [6, 6.07) is 0.772. The average Bonchev–Trinajstić information content (AvgIpc) is 2.32. The van der Waals surface area contributed by atoms with Gasteiger partial charge in [-0.2, -0.15) is 0 Å². The Hall–Kier alpha value is -0.0400. The van der Waals surface area contributed by atoms with Gasteiger partial charge in [0.1, 0.15) is 0 Å². The number of rotatable bonds is 2. The summed E-state index contributed by atoms with van der Waals surface area (Å²) in [5, 5.41) is 3.57. The molecule has 0 spiro atoms. The van der Waals surface area contributed by atoms with Gasteiger partial charge < -0.3 is 5.32 Å². The molecule has 1 N–H and O–H groups in total. The summed E-state index contributed by atoms with van der Waals surface area (Å²) in [4.78, 5) is 0. The van der Waals surface area contributed by atoms with Crippen LogP contribution in [0.5, 0.6) is 0 Å². The van der Waals surface area contributed by atoms with Crippen molar-refractivity contribution < 1.29 is 0 Å². The van der Waals surface area contributed by atoms with E-state index in [2.05, 4.69) is 39.9 Å². The number of hydrogen-bond acceptors (Lipinski definition) is 1. The summed E-state index contributed by atoms with van der Waals surface area (Å²) >= 11 is 0. The van der Waals surface area contributed by atoms with Crippen molar-refractivity contribution in [1.82, 2.24) is 5.32 Å². The maximum Gasteiger partial charge on any atom is 0.00725 e. The van der Waals surface area contributed by atoms with E-state index in [-0.39, 0.29) is 0 Å². The highest BCUT2D eigenvalue weighted by atomic mass is 14.9.